The molecule has 0 saturated heterocycles. The molecule has 2 N–H and O–H groups in total. The molecule has 0 bridgehead atoms. The molecule has 0 aromatic heterocycles. The van der Waals surface area contributed by atoms with Gasteiger partial charge in [-0.2, -0.15) is 0 Å². The van der Waals surface area contributed by atoms with Crippen molar-refractivity contribution >= 4 is 34.8 Å². The molecule has 0 aliphatic carbocycles. The molecule has 0 radical (unpaired) electrons. The van der Waals surface area contributed by atoms with Crippen LogP contribution in [0.25, 0.3) is 4.85 Å². The summed E-state index contributed by atoms with van der Waals surface area (Å²) in [4.78, 5) is 17.1. The Labute approximate surface area is 186 Å². The number of nitrogens with one attached hydrogen (secondary N) is 2. The summed E-state index contributed by atoms with van der Waals surface area (Å²) in [6.07, 6.45) is 0. The van der Waals surface area contributed by atoms with Crippen molar-refractivity contribution < 1.29 is 9.53 Å². The number of halogens is 2. The van der Waals surface area contributed by atoms with Crippen LogP contribution in [-0.4, -0.2) is 12.5 Å². The molecule has 2 aromatic carbocycles. The van der Waals surface area contributed by atoms with Crippen molar-refractivity contribution in [1.82, 2.24) is 5.32 Å². The number of hydrogen-bond acceptors (Lipinski definition) is 3. The molecule has 1 heterocycles. The van der Waals surface area contributed by atoms with Crippen LogP contribution in [0.15, 0.2) is 65.1 Å². The van der Waals surface area contributed by atoms with Crippen LogP contribution in [0.3, 0.4) is 0 Å². The highest BCUT2D eigenvalue weighted by atomic mass is 35.5. The zero-order valence-corrected chi connectivity index (χ0v) is 18.4. The summed E-state index contributed by atoms with van der Waals surface area (Å²) in [7, 11) is 0. The van der Waals surface area contributed by atoms with E-state index in [0.717, 1.165) is 0 Å². The van der Waals surface area contributed by atoms with Crippen molar-refractivity contribution in [3.63, 3.8) is 0 Å². The van der Waals surface area contributed by atoms with Gasteiger partial charge in [0, 0.05) is 27.0 Å². The minimum Gasteiger partial charge on any atom is -0.492 e. The molecule has 1 unspecified atom stereocenters. The monoisotopic (exact) mass is 441 g/mol. The Balaban J connectivity index is 2.08. The Morgan fingerprint density at radius 1 is 1.20 bits per heavy atom. The van der Waals surface area contributed by atoms with Crippen molar-refractivity contribution in [3.8, 4) is 5.75 Å². The molecule has 0 saturated carbocycles. The summed E-state index contributed by atoms with van der Waals surface area (Å²) in [5.74, 6) is -0.377. The van der Waals surface area contributed by atoms with Gasteiger partial charge in [-0.15, -0.1) is 0 Å². The molecular formula is C23H21Cl2N3O2. The van der Waals surface area contributed by atoms with E-state index in [1.807, 2.05) is 32.9 Å². The second-order valence-corrected chi connectivity index (χ2v) is 7.61. The molecule has 7 heteroatoms. The number of amides is 1. The number of anilines is 1. The van der Waals surface area contributed by atoms with Crippen LogP contribution in [-0.2, 0) is 4.79 Å². The van der Waals surface area contributed by atoms with Crippen molar-refractivity contribution in [2.45, 2.75) is 26.7 Å². The smallest absolute Gasteiger partial charge is 0.253 e. The molecule has 0 spiro atoms. The number of nitrogens with zero attached hydrogens (tertiary/aromatic N) is 1. The molecule has 30 heavy (non-hydrogen) atoms. The van der Waals surface area contributed by atoms with E-state index in [1.165, 1.54) is 0 Å². The summed E-state index contributed by atoms with van der Waals surface area (Å²) in [6, 6.07) is 12.3. The summed E-state index contributed by atoms with van der Waals surface area (Å²) >= 11 is 12.5. The van der Waals surface area contributed by atoms with Gasteiger partial charge in [0.1, 0.15) is 5.75 Å². The quantitative estimate of drug-likeness (QED) is 0.547. The average molecular weight is 442 g/mol. The number of benzene rings is 2. The van der Waals surface area contributed by atoms with E-state index < -0.39 is 5.92 Å². The topological polar surface area (TPSA) is 54.7 Å². The first kappa shape index (κ1) is 21.8. The Bertz CT molecular complexity index is 1100. The molecule has 1 amide bonds. The predicted molar refractivity (Wildman–Crippen MR) is 121 cm³/mol. The van der Waals surface area contributed by atoms with Crippen LogP contribution >= 0.6 is 23.2 Å². The van der Waals surface area contributed by atoms with Gasteiger partial charge in [-0.1, -0.05) is 41.4 Å². The van der Waals surface area contributed by atoms with Gasteiger partial charge < -0.3 is 15.4 Å². The fourth-order valence-electron chi connectivity index (χ4n) is 3.51. The second-order valence-electron chi connectivity index (χ2n) is 6.77. The van der Waals surface area contributed by atoms with Crippen LogP contribution in [0, 0.1) is 6.57 Å². The van der Waals surface area contributed by atoms with Gasteiger partial charge in [0.25, 0.3) is 5.91 Å². The zero-order chi connectivity index (χ0) is 21.8. The maximum absolute atomic E-state index is 13.4. The number of rotatable bonds is 5. The molecule has 2 aromatic rings. The minimum absolute atomic E-state index is 0.336. The van der Waals surface area contributed by atoms with Crippen LogP contribution < -0.4 is 15.4 Å². The van der Waals surface area contributed by atoms with Gasteiger partial charge in [-0.05, 0) is 50.6 Å². The number of ether oxygens (including phenoxy) is 1. The molecule has 0 fully saturated rings. The fraction of sp³-hybridized carbons (Fsp3) is 0.217. The number of carbonyl (C=O) groups is 1. The lowest BCUT2D eigenvalue weighted by atomic mass is 9.83. The zero-order valence-electron chi connectivity index (χ0n) is 16.8. The molecule has 1 aliphatic rings. The Morgan fingerprint density at radius 2 is 1.93 bits per heavy atom. The highest BCUT2D eigenvalue weighted by Crippen LogP contribution is 2.42. The minimum atomic E-state index is -0.618. The van der Waals surface area contributed by atoms with Crippen molar-refractivity contribution in [2.75, 3.05) is 11.9 Å². The number of para-hydroxylation sites is 2. The van der Waals surface area contributed by atoms with Gasteiger partial charge in [-0.3, -0.25) is 4.79 Å². The third-order valence-electron chi connectivity index (χ3n) is 4.80. The summed E-state index contributed by atoms with van der Waals surface area (Å²) < 4.78 is 5.62. The lowest BCUT2D eigenvalue weighted by molar-refractivity contribution is -0.113. The van der Waals surface area contributed by atoms with Gasteiger partial charge >= 0.3 is 0 Å². The lowest BCUT2D eigenvalue weighted by Gasteiger charge is -2.29. The maximum atomic E-state index is 13.4. The lowest BCUT2D eigenvalue weighted by Crippen LogP contribution is -2.30. The van der Waals surface area contributed by atoms with Crippen LogP contribution in [0.5, 0.6) is 5.75 Å². The molecule has 154 valence electrons. The van der Waals surface area contributed by atoms with Crippen LogP contribution in [0.2, 0.25) is 10.0 Å². The fourth-order valence-corrected chi connectivity index (χ4v) is 4.03. The Hall–Kier alpha value is -2.94. The Kier molecular flexibility index (Phi) is 6.71. The van der Waals surface area contributed by atoms with Crippen molar-refractivity contribution in [1.29, 1.82) is 0 Å². The van der Waals surface area contributed by atoms with E-state index in [2.05, 4.69) is 15.5 Å². The van der Waals surface area contributed by atoms with E-state index in [9.17, 15) is 4.79 Å². The maximum Gasteiger partial charge on any atom is 0.253 e. The van der Waals surface area contributed by atoms with Gasteiger partial charge in [0.2, 0.25) is 0 Å². The second kappa shape index (κ2) is 9.25. The first-order chi connectivity index (χ1) is 14.4. The first-order valence-corrected chi connectivity index (χ1v) is 10.2. The van der Waals surface area contributed by atoms with Crippen molar-refractivity contribution in [2.24, 2.45) is 0 Å². The summed E-state index contributed by atoms with van der Waals surface area (Å²) in [5.41, 5.74) is 3.37. The number of carbonyl (C=O) groups excluding carboxylic acids is 1. The van der Waals surface area contributed by atoms with E-state index in [4.69, 9.17) is 34.5 Å². The molecular weight excluding hydrogens is 421 g/mol. The standard InChI is InChI=1S/C23H21Cl2N3O2/c1-5-30-19-9-7-6-8-18(19)28-23(29)20-13(2)27-14(3)22(26-4)21(20)16-11-10-15(24)12-17(16)25/h6-12,21,27H,5H2,1-3H3,(H,28,29). The average Bonchev–Trinajstić information content (AvgIpc) is 2.69. The van der Waals surface area contributed by atoms with Crippen molar-refractivity contribution in [3.05, 3.63) is 92.2 Å². The van der Waals surface area contributed by atoms with Crippen LogP contribution in [0.4, 0.5) is 5.69 Å². The van der Waals surface area contributed by atoms with E-state index in [-0.39, 0.29) is 5.91 Å². The van der Waals surface area contributed by atoms with Gasteiger partial charge in [0.05, 0.1) is 24.8 Å². The van der Waals surface area contributed by atoms with Gasteiger partial charge in [-0.25, -0.2) is 4.85 Å². The number of allylic oxidation sites excluding steroid dienone is 3. The third-order valence-corrected chi connectivity index (χ3v) is 5.36. The molecule has 1 aliphatic heterocycles. The largest absolute Gasteiger partial charge is 0.492 e. The van der Waals surface area contributed by atoms with E-state index in [1.54, 1.807) is 30.3 Å². The predicted octanol–water partition coefficient (Wildman–Crippen LogP) is 6.14. The number of dihydropyridines is 1. The highest BCUT2D eigenvalue weighted by Gasteiger charge is 2.35. The summed E-state index contributed by atoms with van der Waals surface area (Å²) in [5, 5.41) is 6.97. The molecule has 5 nitrogen and oxygen atoms in total. The van der Waals surface area contributed by atoms with E-state index >= 15 is 0 Å². The normalized spacial score (nSPS) is 16.1. The van der Waals surface area contributed by atoms with Crippen LogP contribution in [0.1, 0.15) is 32.3 Å². The molecule has 1 atom stereocenters. The molecule has 3 rings (SSSR count). The first-order valence-electron chi connectivity index (χ1n) is 9.41. The summed E-state index contributed by atoms with van der Waals surface area (Å²) in [6.45, 7) is 13.7. The van der Waals surface area contributed by atoms with E-state index in [0.29, 0.717) is 56.3 Å². The number of hydrogen-bond donors (Lipinski definition) is 2. The highest BCUT2D eigenvalue weighted by molar-refractivity contribution is 6.35. The third kappa shape index (κ3) is 4.30. The van der Waals surface area contributed by atoms with Gasteiger partial charge in [0.15, 0.2) is 5.70 Å². The Morgan fingerprint density at radius 3 is 2.60 bits per heavy atom. The SMILES string of the molecule is [C-]#[N+]C1=C(C)NC(C)=C(C(=O)Nc2ccccc2OCC)C1c1ccc(Cl)cc1Cl.